The highest BCUT2D eigenvalue weighted by atomic mass is 16.5. The standard InChI is InChI=1S/C14H23N3O/c1-12-10-13(14(18-2)11-16-12)15-6-5-9-17-7-3-4-8-17/h10-11H,3-9H2,1-2H3,(H,15,16). The summed E-state index contributed by atoms with van der Waals surface area (Å²) in [6.07, 6.45) is 5.68. The molecular weight excluding hydrogens is 226 g/mol. The second-order valence-corrected chi connectivity index (χ2v) is 4.86. The third-order valence-electron chi connectivity index (χ3n) is 3.39. The van der Waals surface area contributed by atoms with Crippen molar-refractivity contribution in [2.75, 3.05) is 38.6 Å². The Hall–Kier alpha value is -1.29. The Morgan fingerprint density at radius 3 is 2.89 bits per heavy atom. The Morgan fingerprint density at radius 2 is 2.17 bits per heavy atom. The number of aromatic nitrogens is 1. The van der Waals surface area contributed by atoms with Crippen molar-refractivity contribution in [1.82, 2.24) is 9.88 Å². The zero-order valence-electron chi connectivity index (χ0n) is 11.4. The van der Waals surface area contributed by atoms with E-state index in [9.17, 15) is 0 Å². The average Bonchev–Trinajstić information content (AvgIpc) is 2.88. The third-order valence-corrected chi connectivity index (χ3v) is 3.39. The number of likely N-dealkylation sites (tertiary alicyclic amines) is 1. The van der Waals surface area contributed by atoms with Crippen molar-refractivity contribution >= 4 is 5.69 Å². The fourth-order valence-electron chi connectivity index (χ4n) is 2.38. The summed E-state index contributed by atoms with van der Waals surface area (Å²) in [5, 5.41) is 3.44. The van der Waals surface area contributed by atoms with Gasteiger partial charge in [0.15, 0.2) is 5.75 Å². The SMILES string of the molecule is COc1cnc(C)cc1NCCCN1CCCC1. The summed E-state index contributed by atoms with van der Waals surface area (Å²) in [5.74, 6) is 0.821. The molecule has 0 bridgehead atoms. The number of nitrogens with one attached hydrogen (secondary N) is 1. The van der Waals surface area contributed by atoms with E-state index in [4.69, 9.17) is 4.74 Å². The van der Waals surface area contributed by atoms with Crippen molar-refractivity contribution in [3.8, 4) is 5.75 Å². The second-order valence-electron chi connectivity index (χ2n) is 4.86. The molecule has 100 valence electrons. The molecule has 0 saturated carbocycles. The van der Waals surface area contributed by atoms with E-state index in [1.165, 1.54) is 38.9 Å². The van der Waals surface area contributed by atoms with E-state index in [0.29, 0.717) is 0 Å². The molecule has 0 spiro atoms. The highest BCUT2D eigenvalue weighted by Crippen LogP contribution is 2.23. The second kappa shape index (κ2) is 6.59. The molecule has 1 aromatic rings. The molecule has 1 N–H and O–H groups in total. The first-order valence-corrected chi connectivity index (χ1v) is 6.76. The van der Waals surface area contributed by atoms with Crippen LogP contribution in [0.15, 0.2) is 12.3 Å². The van der Waals surface area contributed by atoms with Crippen LogP contribution in [0.3, 0.4) is 0 Å². The smallest absolute Gasteiger partial charge is 0.160 e. The molecule has 0 aliphatic carbocycles. The lowest BCUT2D eigenvalue weighted by molar-refractivity contribution is 0.337. The van der Waals surface area contributed by atoms with E-state index in [-0.39, 0.29) is 0 Å². The van der Waals surface area contributed by atoms with E-state index < -0.39 is 0 Å². The summed E-state index contributed by atoms with van der Waals surface area (Å²) in [4.78, 5) is 6.77. The quantitative estimate of drug-likeness (QED) is 0.785. The molecule has 1 aliphatic rings. The lowest BCUT2D eigenvalue weighted by atomic mass is 10.3. The normalized spacial score (nSPS) is 15.9. The van der Waals surface area contributed by atoms with Gasteiger partial charge in [-0.15, -0.1) is 0 Å². The molecule has 2 heterocycles. The monoisotopic (exact) mass is 249 g/mol. The predicted molar refractivity (Wildman–Crippen MR) is 74.3 cm³/mol. The first-order valence-electron chi connectivity index (χ1n) is 6.76. The van der Waals surface area contributed by atoms with Gasteiger partial charge in [0.1, 0.15) is 0 Å². The number of methoxy groups -OCH3 is 1. The number of aryl methyl sites for hydroxylation is 1. The molecule has 4 heteroatoms. The molecule has 18 heavy (non-hydrogen) atoms. The van der Waals surface area contributed by atoms with Gasteiger partial charge in [0.05, 0.1) is 19.0 Å². The fourth-order valence-corrected chi connectivity index (χ4v) is 2.38. The number of ether oxygens (including phenoxy) is 1. The predicted octanol–water partition coefficient (Wildman–Crippen LogP) is 2.30. The Bertz CT molecular complexity index is 375. The number of hydrogen-bond acceptors (Lipinski definition) is 4. The molecule has 0 aromatic carbocycles. The van der Waals surface area contributed by atoms with Gasteiger partial charge in [0.2, 0.25) is 0 Å². The topological polar surface area (TPSA) is 37.4 Å². The van der Waals surface area contributed by atoms with E-state index in [1.807, 2.05) is 13.0 Å². The van der Waals surface area contributed by atoms with Crippen LogP contribution in [0.5, 0.6) is 5.75 Å². The Labute approximate surface area is 109 Å². The third kappa shape index (κ3) is 3.60. The molecule has 0 atom stereocenters. The van der Waals surface area contributed by atoms with E-state index in [1.54, 1.807) is 13.3 Å². The van der Waals surface area contributed by atoms with Crippen molar-refractivity contribution in [1.29, 1.82) is 0 Å². The molecule has 4 nitrogen and oxygen atoms in total. The number of anilines is 1. The minimum Gasteiger partial charge on any atom is -0.493 e. The van der Waals surface area contributed by atoms with Crippen LogP contribution in [0.25, 0.3) is 0 Å². The van der Waals surface area contributed by atoms with Crippen molar-refractivity contribution in [3.63, 3.8) is 0 Å². The number of hydrogen-bond donors (Lipinski definition) is 1. The zero-order valence-corrected chi connectivity index (χ0v) is 11.4. The van der Waals surface area contributed by atoms with Gasteiger partial charge in [-0.2, -0.15) is 0 Å². The van der Waals surface area contributed by atoms with Gasteiger partial charge in [-0.1, -0.05) is 0 Å². The first kappa shape index (κ1) is 13.1. The fraction of sp³-hybridized carbons (Fsp3) is 0.643. The number of rotatable bonds is 6. The molecule has 0 radical (unpaired) electrons. The van der Waals surface area contributed by atoms with E-state index in [0.717, 1.165) is 23.7 Å². The van der Waals surface area contributed by atoms with Crippen molar-refractivity contribution in [2.45, 2.75) is 26.2 Å². The first-order chi connectivity index (χ1) is 8.79. The largest absolute Gasteiger partial charge is 0.493 e. The average molecular weight is 249 g/mol. The van der Waals surface area contributed by atoms with Crippen LogP contribution in [-0.4, -0.2) is 43.2 Å². The maximum absolute atomic E-state index is 5.30. The summed E-state index contributed by atoms with van der Waals surface area (Å²) in [5.41, 5.74) is 2.06. The lowest BCUT2D eigenvalue weighted by Crippen LogP contribution is -2.22. The molecule has 1 saturated heterocycles. The van der Waals surface area contributed by atoms with E-state index >= 15 is 0 Å². The van der Waals surface area contributed by atoms with E-state index in [2.05, 4.69) is 15.2 Å². The van der Waals surface area contributed by atoms with Gasteiger partial charge in [-0.3, -0.25) is 4.98 Å². The molecule has 0 unspecified atom stereocenters. The highest BCUT2D eigenvalue weighted by Gasteiger charge is 2.10. The van der Waals surface area contributed by atoms with Crippen LogP contribution in [0.1, 0.15) is 25.0 Å². The summed E-state index contributed by atoms with van der Waals surface area (Å²) in [6.45, 7) is 6.72. The summed E-state index contributed by atoms with van der Waals surface area (Å²) < 4.78 is 5.30. The molecule has 1 aromatic heterocycles. The van der Waals surface area contributed by atoms with Gasteiger partial charge in [0.25, 0.3) is 0 Å². The molecule has 1 fully saturated rings. The Balaban J connectivity index is 1.76. The van der Waals surface area contributed by atoms with Crippen molar-refractivity contribution in [2.24, 2.45) is 0 Å². The summed E-state index contributed by atoms with van der Waals surface area (Å²) >= 11 is 0. The van der Waals surface area contributed by atoms with Crippen LogP contribution in [0, 0.1) is 6.92 Å². The molecule has 1 aliphatic heterocycles. The summed E-state index contributed by atoms with van der Waals surface area (Å²) in [6, 6.07) is 2.04. The maximum atomic E-state index is 5.30. The van der Waals surface area contributed by atoms with Gasteiger partial charge in [-0.05, 0) is 51.9 Å². The van der Waals surface area contributed by atoms with Crippen molar-refractivity contribution in [3.05, 3.63) is 18.0 Å². The van der Waals surface area contributed by atoms with Crippen LogP contribution in [0.4, 0.5) is 5.69 Å². The minimum absolute atomic E-state index is 0.821. The molecule has 2 rings (SSSR count). The Morgan fingerprint density at radius 1 is 1.39 bits per heavy atom. The van der Waals surface area contributed by atoms with Crippen LogP contribution in [0.2, 0.25) is 0 Å². The lowest BCUT2D eigenvalue weighted by Gasteiger charge is -2.15. The minimum atomic E-state index is 0.821. The van der Waals surface area contributed by atoms with Gasteiger partial charge < -0.3 is 15.0 Å². The summed E-state index contributed by atoms with van der Waals surface area (Å²) in [7, 11) is 1.68. The maximum Gasteiger partial charge on any atom is 0.160 e. The Kier molecular flexibility index (Phi) is 4.81. The van der Waals surface area contributed by atoms with Gasteiger partial charge in [-0.25, -0.2) is 0 Å². The van der Waals surface area contributed by atoms with Gasteiger partial charge in [0, 0.05) is 12.2 Å². The van der Waals surface area contributed by atoms with Crippen LogP contribution in [-0.2, 0) is 0 Å². The number of pyridine rings is 1. The number of nitrogens with zero attached hydrogens (tertiary/aromatic N) is 2. The molecular formula is C14H23N3O. The van der Waals surface area contributed by atoms with Crippen LogP contribution >= 0.6 is 0 Å². The van der Waals surface area contributed by atoms with Crippen LogP contribution < -0.4 is 10.1 Å². The van der Waals surface area contributed by atoms with Gasteiger partial charge >= 0.3 is 0 Å². The zero-order chi connectivity index (χ0) is 12.8. The van der Waals surface area contributed by atoms with Crippen molar-refractivity contribution < 1.29 is 4.74 Å². The molecule has 0 amide bonds. The highest BCUT2D eigenvalue weighted by molar-refractivity contribution is 5.55.